The highest BCUT2D eigenvalue weighted by atomic mass is 32.2. The largest absolute Gasteiger partial charge is 0.434 e. The molecule has 3 unspecified atom stereocenters. The van der Waals surface area contributed by atoms with Gasteiger partial charge in [-0.1, -0.05) is 42.1 Å². The lowest BCUT2D eigenvalue weighted by atomic mass is 9.91. The number of piperidine rings is 1. The Kier molecular flexibility index (Phi) is 5.22. The number of anilines is 1. The van der Waals surface area contributed by atoms with Crippen molar-refractivity contribution >= 4 is 29.0 Å². The minimum Gasteiger partial charge on any atom is -0.342 e. The summed E-state index contributed by atoms with van der Waals surface area (Å²) in [4.78, 5) is 22.3. The molecule has 2 aliphatic rings. The Morgan fingerprint density at radius 1 is 1.09 bits per heavy atom. The lowest BCUT2D eigenvalue weighted by Gasteiger charge is -2.25. The van der Waals surface area contributed by atoms with Crippen LogP contribution >= 0.6 is 11.8 Å². The first-order chi connectivity index (χ1) is 16.9. The number of hydrogen-bond donors (Lipinski definition) is 2. The summed E-state index contributed by atoms with van der Waals surface area (Å²) >= 11 is 0.871. The number of nitrogens with zero attached hydrogens (tertiary/aromatic N) is 5. The van der Waals surface area contributed by atoms with Crippen LogP contribution in [0.2, 0.25) is 0 Å². The second-order valence-corrected chi connectivity index (χ2v) is 10.0. The number of halogens is 3. The number of nitrogens with one attached hydrogen (secondary N) is 1. The van der Waals surface area contributed by atoms with Gasteiger partial charge in [-0.05, 0) is 36.0 Å². The van der Waals surface area contributed by atoms with Crippen LogP contribution in [0.3, 0.4) is 0 Å². The average molecular weight is 498 g/mol. The third-order valence-electron chi connectivity index (χ3n) is 7.20. The normalized spacial score (nSPS) is 23.9. The molecule has 6 rings (SSSR count). The lowest BCUT2D eigenvalue weighted by molar-refractivity contribution is -0.143. The quantitative estimate of drug-likeness (QED) is 0.425. The number of aromatic nitrogens is 5. The Hall–Kier alpha value is -3.18. The van der Waals surface area contributed by atoms with E-state index in [1.807, 2.05) is 6.07 Å². The minimum atomic E-state index is -4.55. The van der Waals surface area contributed by atoms with E-state index in [0.29, 0.717) is 40.6 Å². The van der Waals surface area contributed by atoms with Gasteiger partial charge in [0.05, 0.1) is 6.20 Å². The number of imidazole rings is 1. The van der Waals surface area contributed by atoms with E-state index in [1.54, 1.807) is 0 Å². The van der Waals surface area contributed by atoms with E-state index in [2.05, 4.69) is 54.1 Å². The lowest BCUT2D eigenvalue weighted by Crippen LogP contribution is -2.32. The van der Waals surface area contributed by atoms with Crippen LogP contribution in [0.4, 0.5) is 19.1 Å². The van der Waals surface area contributed by atoms with Crippen molar-refractivity contribution < 1.29 is 13.2 Å². The number of rotatable bonds is 5. The molecule has 2 fully saturated rings. The fraction of sp³-hybridized carbons (Fsp3) is 0.333. The number of alkyl halides is 3. The third kappa shape index (κ3) is 3.73. The number of benzene rings is 1. The van der Waals surface area contributed by atoms with Crippen molar-refractivity contribution in [1.29, 1.82) is 0 Å². The Balaban J connectivity index is 1.23. The maximum Gasteiger partial charge on any atom is 0.434 e. The summed E-state index contributed by atoms with van der Waals surface area (Å²) in [6.07, 6.45) is -0.961. The highest BCUT2D eigenvalue weighted by Crippen LogP contribution is 2.63. The molecule has 3 N–H and O–H groups in total. The van der Waals surface area contributed by atoms with E-state index >= 15 is 0 Å². The van der Waals surface area contributed by atoms with Crippen LogP contribution < -0.4 is 10.6 Å². The molecular formula is C24H22F3N7S. The van der Waals surface area contributed by atoms with Crippen molar-refractivity contribution in [2.45, 2.75) is 27.9 Å². The van der Waals surface area contributed by atoms with E-state index in [-0.39, 0.29) is 10.3 Å². The summed E-state index contributed by atoms with van der Waals surface area (Å²) in [5, 5.41) is 0.321. The summed E-state index contributed by atoms with van der Waals surface area (Å²) in [5.41, 5.74) is 7.51. The first-order valence-corrected chi connectivity index (χ1v) is 12.1. The van der Waals surface area contributed by atoms with Gasteiger partial charge in [0.1, 0.15) is 5.03 Å². The fourth-order valence-electron chi connectivity index (χ4n) is 5.53. The van der Waals surface area contributed by atoms with E-state index in [0.717, 1.165) is 37.5 Å². The molecular weight excluding hydrogens is 475 g/mol. The molecule has 4 heterocycles. The highest BCUT2D eigenvalue weighted by Gasteiger charge is 2.65. The summed E-state index contributed by atoms with van der Waals surface area (Å²) < 4.78 is 39.9. The molecule has 1 saturated carbocycles. The van der Waals surface area contributed by atoms with Crippen molar-refractivity contribution in [3.05, 3.63) is 66.1 Å². The second kappa shape index (κ2) is 8.20. The maximum absolute atomic E-state index is 13.3. The summed E-state index contributed by atoms with van der Waals surface area (Å²) in [5.74, 6) is 1.66. The zero-order valence-electron chi connectivity index (χ0n) is 18.5. The van der Waals surface area contributed by atoms with Gasteiger partial charge in [0.2, 0.25) is 5.95 Å². The first-order valence-electron chi connectivity index (χ1n) is 11.3. The smallest absolute Gasteiger partial charge is 0.342 e. The zero-order valence-corrected chi connectivity index (χ0v) is 19.4. The fourth-order valence-corrected chi connectivity index (χ4v) is 6.40. The molecule has 0 radical (unpaired) electrons. The van der Waals surface area contributed by atoms with Crippen molar-refractivity contribution in [3.8, 4) is 0 Å². The van der Waals surface area contributed by atoms with Gasteiger partial charge in [-0.3, -0.25) is 4.98 Å². The summed E-state index contributed by atoms with van der Waals surface area (Å²) in [7, 11) is 0. The van der Waals surface area contributed by atoms with E-state index in [4.69, 9.17) is 5.73 Å². The van der Waals surface area contributed by atoms with Crippen molar-refractivity contribution in [2.75, 3.05) is 24.5 Å². The molecule has 11 heteroatoms. The third-order valence-corrected chi connectivity index (χ3v) is 8.16. The van der Waals surface area contributed by atoms with Crippen LogP contribution in [0, 0.1) is 11.8 Å². The zero-order chi connectivity index (χ0) is 24.2. The van der Waals surface area contributed by atoms with Crippen LogP contribution in [0.5, 0.6) is 0 Å². The van der Waals surface area contributed by atoms with E-state index in [9.17, 15) is 13.2 Å². The minimum absolute atomic E-state index is 0.00223. The van der Waals surface area contributed by atoms with E-state index < -0.39 is 11.9 Å². The molecule has 35 heavy (non-hydrogen) atoms. The van der Waals surface area contributed by atoms with Gasteiger partial charge in [-0.2, -0.15) is 18.2 Å². The van der Waals surface area contributed by atoms with Crippen molar-refractivity contribution in [2.24, 2.45) is 17.6 Å². The predicted octanol–water partition coefficient (Wildman–Crippen LogP) is 4.27. The van der Waals surface area contributed by atoms with Crippen LogP contribution in [-0.2, 0) is 11.6 Å². The number of fused-ring (bicyclic) bond motifs is 2. The number of hydrogen-bond acceptors (Lipinski definition) is 7. The van der Waals surface area contributed by atoms with Crippen molar-refractivity contribution in [1.82, 2.24) is 24.9 Å². The molecule has 1 aromatic carbocycles. The van der Waals surface area contributed by atoms with E-state index in [1.165, 1.54) is 23.9 Å². The van der Waals surface area contributed by atoms with Crippen LogP contribution in [0.15, 0.2) is 64.8 Å². The highest BCUT2D eigenvalue weighted by molar-refractivity contribution is 7.99. The molecule has 7 nitrogen and oxygen atoms in total. The molecule has 3 atom stereocenters. The number of nitrogens with two attached hydrogens (primary N) is 1. The second-order valence-electron chi connectivity index (χ2n) is 8.95. The number of pyridine rings is 1. The molecule has 0 bridgehead atoms. The van der Waals surface area contributed by atoms with Gasteiger partial charge < -0.3 is 15.6 Å². The SMILES string of the molecule is NCC1(c2ccccc2)C2CCN(c3nc4nc(Sc5cccnc5C(F)(F)F)cnc4[nH]3)CC21. The number of H-pyrrole nitrogens is 1. The topological polar surface area (TPSA) is 96.6 Å². The molecule has 3 aromatic heterocycles. The Morgan fingerprint density at radius 3 is 2.69 bits per heavy atom. The van der Waals surface area contributed by atoms with Crippen LogP contribution in [0.25, 0.3) is 11.3 Å². The average Bonchev–Trinajstić information content (AvgIpc) is 3.33. The monoisotopic (exact) mass is 497 g/mol. The molecule has 1 aliphatic heterocycles. The maximum atomic E-state index is 13.3. The molecule has 1 saturated heterocycles. The standard InChI is InChI=1S/C24H22F3N7S/c25-24(26,27)19-17(7-4-9-29-19)35-18-11-30-20-21(31-18)33-22(32-20)34-10-8-15-16(12-34)23(15,13-28)14-5-2-1-3-6-14/h1-7,9,11,15-16H,8,10,12-13,28H2,(H,30,31,32,33). The Labute approximate surface area is 203 Å². The predicted molar refractivity (Wildman–Crippen MR) is 126 cm³/mol. The van der Waals surface area contributed by atoms with Gasteiger partial charge in [0.15, 0.2) is 17.0 Å². The Bertz CT molecular complexity index is 1380. The summed E-state index contributed by atoms with van der Waals surface area (Å²) in [6.45, 7) is 2.27. The molecule has 0 spiro atoms. The van der Waals surface area contributed by atoms with Gasteiger partial charge in [-0.25, -0.2) is 9.97 Å². The molecule has 1 aliphatic carbocycles. The first kappa shape index (κ1) is 22.3. The van der Waals surface area contributed by atoms with Crippen molar-refractivity contribution in [3.63, 3.8) is 0 Å². The summed E-state index contributed by atoms with van der Waals surface area (Å²) in [6, 6.07) is 13.3. The Morgan fingerprint density at radius 2 is 1.91 bits per heavy atom. The molecule has 4 aromatic rings. The van der Waals surface area contributed by atoms with Gasteiger partial charge >= 0.3 is 6.18 Å². The van der Waals surface area contributed by atoms with Gasteiger partial charge in [0, 0.05) is 36.1 Å². The molecule has 180 valence electrons. The van der Waals surface area contributed by atoms with Crippen LogP contribution in [-0.4, -0.2) is 44.6 Å². The van der Waals surface area contributed by atoms with Gasteiger partial charge in [0.25, 0.3) is 0 Å². The van der Waals surface area contributed by atoms with Crippen LogP contribution in [0.1, 0.15) is 17.7 Å². The van der Waals surface area contributed by atoms with Gasteiger partial charge in [-0.15, -0.1) is 0 Å². The molecule has 0 amide bonds. The number of aromatic amines is 1.